The fraction of sp³-hybridized carbons (Fsp3) is 0.378. The number of rotatable bonds is 36. The van der Waals surface area contributed by atoms with Crippen LogP contribution in [0.4, 0.5) is 124 Å². The van der Waals surface area contributed by atoms with E-state index in [1.807, 2.05) is 119 Å². The van der Waals surface area contributed by atoms with E-state index in [-0.39, 0.29) is 74.9 Å². The monoisotopic (exact) mass is 1820 g/mol. The van der Waals surface area contributed by atoms with Gasteiger partial charge in [-0.05, 0) is 88.7 Å². The van der Waals surface area contributed by atoms with Crippen molar-refractivity contribution in [3.05, 3.63) is 209 Å². The number of nitrogen functional groups attached to an aromatic ring is 2. The highest BCUT2D eigenvalue weighted by Gasteiger charge is 2.32. The van der Waals surface area contributed by atoms with Gasteiger partial charge in [0.2, 0.25) is 58.4 Å². The number of methoxy groups -OCH3 is 6. The molecule has 0 radical (unpaired) electrons. The Hall–Kier alpha value is -13.7. The number of amides is 3. The summed E-state index contributed by atoms with van der Waals surface area (Å²) in [6.07, 6.45) is 3.13. The van der Waals surface area contributed by atoms with Crippen LogP contribution in [-0.4, -0.2) is 276 Å². The van der Waals surface area contributed by atoms with Gasteiger partial charge < -0.3 is 105 Å². The Morgan fingerprint density at radius 2 is 0.578 bits per heavy atom. The summed E-state index contributed by atoms with van der Waals surface area (Å²) >= 11 is 0. The summed E-state index contributed by atoms with van der Waals surface area (Å²) in [5.41, 5.74) is 9.62. The molecule has 128 heavy (non-hydrogen) atoms. The topological polar surface area (TPSA) is 400 Å². The first-order valence-electron chi connectivity index (χ1n) is 37.6. The van der Waals surface area contributed by atoms with E-state index in [0.29, 0.717) is 67.8 Å². The molecule has 7 aromatic rings. The Morgan fingerprint density at radius 3 is 0.898 bits per heavy atom. The lowest BCUT2D eigenvalue weighted by Gasteiger charge is -2.25. The molecular weight excluding hydrogens is 1710 g/mol. The van der Waals surface area contributed by atoms with E-state index in [4.69, 9.17) is 35.2 Å². The molecule has 0 aliphatic carbocycles. The zero-order valence-corrected chi connectivity index (χ0v) is 75.0. The maximum atomic E-state index is 14.7. The number of nitrogens with one attached hydrogen (secondary N) is 3. The fourth-order valence-corrected chi connectivity index (χ4v) is 10.3. The van der Waals surface area contributed by atoms with Crippen LogP contribution in [0, 0.1) is 98.6 Å². The summed E-state index contributed by atoms with van der Waals surface area (Å²) in [5.74, 6) is -11.1. The predicted octanol–water partition coefficient (Wildman–Crippen LogP) is 12.4. The zero-order valence-electron chi connectivity index (χ0n) is 75.0. The molecule has 0 aliphatic heterocycles. The van der Waals surface area contributed by atoms with Gasteiger partial charge in [-0.1, -0.05) is 19.7 Å². The van der Waals surface area contributed by atoms with Gasteiger partial charge in [0.05, 0.1) is 90.8 Å². The maximum Gasteiger partial charge on any atom is 0.348 e. The highest BCUT2D eigenvalue weighted by Crippen LogP contribution is 2.43. The van der Waals surface area contributed by atoms with Gasteiger partial charge in [-0.15, -0.1) is 0 Å². The molecule has 0 atom stereocenters. The van der Waals surface area contributed by atoms with Crippen molar-refractivity contribution in [1.29, 1.82) is 0 Å². The highest BCUT2D eigenvalue weighted by molar-refractivity contribution is 6.03. The summed E-state index contributed by atoms with van der Waals surface area (Å²) < 4.78 is 163. The summed E-state index contributed by atoms with van der Waals surface area (Å²) in [4.78, 5) is 91.7. The number of nitro groups is 4. The maximum absolute atomic E-state index is 14.7. The van der Waals surface area contributed by atoms with Crippen LogP contribution in [0.2, 0.25) is 0 Å². The van der Waals surface area contributed by atoms with E-state index in [1.54, 1.807) is 49.1 Å². The minimum Gasteiger partial charge on any atom is -0.497 e. The number of hydrogen-bond donors (Lipinski definition) is 5. The van der Waals surface area contributed by atoms with Crippen LogP contribution < -0.4 is 80.3 Å². The number of carbonyl (C=O) groups is 3. The van der Waals surface area contributed by atoms with E-state index in [1.165, 1.54) is 66.9 Å². The van der Waals surface area contributed by atoms with E-state index >= 15 is 0 Å². The molecule has 0 saturated carbocycles. The van der Waals surface area contributed by atoms with Crippen molar-refractivity contribution in [2.24, 2.45) is 0 Å². The van der Waals surface area contributed by atoms with E-state index < -0.39 is 118 Å². The van der Waals surface area contributed by atoms with E-state index in [0.717, 1.165) is 62.6 Å². The quantitative estimate of drug-likeness (QED) is 0.00800. The van der Waals surface area contributed by atoms with Gasteiger partial charge in [0, 0.05) is 173 Å². The average molecular weight is 1820 g/mol. The molecule has 7 rings (SSSR count). The van der Waals surface area contributed by atoms with Crippen LogP contribution in [0.25, 0.3) is 0 Å². The van der Waals surface area contributed by atoms with Crippen LogP contribution in [0.3, 0.4) is 0 Å². The number of nitrogens with two attached hydrogens (primary N) is 2. The van der Waals surface area contributed by atoms with Gasteiger partial charge in [-0.3, -0.25) is 54.8 Å². The smallest absolute Gasteiger partial charge is 0.348 e. The van der Waals surface area contributed by atoms with Crippen LogP contribution >= 0.6 is 0 Å². The molecule has 0 saturated heterocycles. The molecule has 0 bridgehead atoms. The SMILES string of the molecule is C=CC(=O)Nc1c(F)cc(OC)cc1N(C)CCN(C)C.C=CC(=O)Nc1c(N(C)CCN(C)C)cc(OC)c(N)c1F.C=CC(=O)Nc1c(N(C)CCN(C)C)cc(OC)c([N+](=O)[O-])c1F.COc1cc(F)c(N)c(N(C)CCN(C)C)c1.COc1cc(F)c([N+](=O)[O-])c(F)c1.COc1cc(F)c([N+](=O)[O-])c(N(C)CCN(C)C)c1.O=[N+]([O-])c1c(F)cc(F)cc1F. The first-order valence-corrected chi connectivity index (χ1v) is 37.6. The molecule has 0 aromatic heterocycles. The van der Waals surface area contributed by atoms with E-state index in [9.17, 15) is 98.7 Å². The Morgan fingerprint density at radius 1 is 0.320 bits per heavy atom. The predicted molar refractivity (Wildman–Crippen MR) is 475 cm³/mol. The third kappa shape index (κ3) is 35.7. The molecule has 3 amide bonds. The molecule has 706 valence electrons. The van der Waals surface area contributed by atoms with Crippen molar-refractivity contribution in [3.8, 4) is 34.5 Å². The Labute approximate surface area is 735 Å². The highest BCUT2D eigenvalue weighted by atomic mass is 19.2. The average Bonchev–Trinajstić information content (AvgIpc) is 0.781. The van der Waals surface area contributed by atoms with Gasteiger partial charge in [0.1, 0.15) is 63.0 Å². The molecule has 7 aromatic carbocycles. The van der Waals surface area contributed by atoms with Gasteiger partial charge >= 0.3 is 22.7 Å². The lowest BCUT2D eigenvalue weighted by atomic mass is 10.1. The van der Waals surface area contributed by atoms with Crippen molar-refractivity contribution in [2.45, 2.75) is 0 Å². The summed E-state index contributed by atoms with van der Waals surface area (Å²) in [5, 5.41) is 49.5. The summed E-state index contributed by atoms with van der Waals surface area (Å²) in [7, 11) is 36.4. The van der Waals surface area contributed by atoms with Crippen LogP contribution in [0.5, 0.6) is 34.5 Å². The second-order valence-corrected chi connectivity index (χ2v) is 28.2. The number of halogens is 10. The van der Waals surface area contributed by atoms with Crippen LogP contribution in [-0.2, 0) is 14.4 Å². The number of carbonyl (C=O) groups excluding carboxylic acids is 3. The first-order chi connectivity index (χ1) is 59.8. The lowest BCUT2D eigenvalue weighted by molar-refractivity contribution is -0.390. The molecule has 0 unspecified atom stereocenters. The van der Waals surface area contributed by atoms with Gasteiger partial charge in [0.15, 0.2) is 17.5 Å². The normalized spacial score (nSPS) is 10.4. The van der Waals surface area contributed by atoms with Crippen LogP contribution in [0.15, 0.2) is 111 Å². The molecular formula is C82H111F10N19O17. The number of anilines is 10. The fourth-order valence-electron chi connectivity index (χ4n) is 10.3. The second-order valence-electron chi connectivity index (χ2n) is 28.2. The minimum atomic E-state index is -1.52. The Bertz CT molecular complexity index is 4900. The van der Waals surface area contributed by atoms with Crippen molar-refractivity contribution >= 4 is 97.3 Å². The molecule has 0 heterocycles. The number of nitro benzene ring substituents is 4. The molecule has 36 nitrogen and oxygen atoms in total. The minimum absolute atomic E-state index is 0.0180. The van der Waals surface area contributed by atoms with Crippen molar-refractivity contribution in [3.63, 3.8) is 0 Å². The summed E-state index contributed by atoms with van der Waals surface area (Å²) in [6, 6.07) is 13.4. The Kier molecular flexibility index (Phi) is 48.2. The largest absolute Gasteiger partial charge is 0.497 e. The zero-order chi connectivity index (χ0) is 98.2. The van der Waals surface area contributed by atoms with Crippen LogP contribution in [0.1, 0.15) is 0 Å². The number of nitrogens with zero attached hydrogens (tertiary/aromatic N) is 14. The van der Waals surface area contributed by atoms with Crippen molar-refractivity contribution in [1.82, 2.24) is 24.5 Å². The molecule has 0 aliphatic rings. The van der Waals surface area contributed by atoms with Crippen molar-refractivity contribution < 1.29 is 106 Å². The standard InChI is InChI=1S/C15H21FN4O4.C15H23FN4O2.C15H22FN3O2.C12H18FN3O3.C12H20FN3O.C7H5F2NO3.C6H2F3NO2/c1-6-12(21)17-14-10(19(4)8-7-18(2)3)9-11(24-5)15(13(14)16)20(22)23;1-6-12(21)18-15-10(20(4)8-7-19(2)3)9-11(22-5)14(17)13(15)16;1-6-14(20)17-15-12(16)9-11(21-5)10-13(15)19(4)8-7-18(2)3;1-14(2)5-6-15(3)11-8-9(19-4)7-10(13)12(11)16(17)18;1-15(2)5-6-16(3)11-8-9(17-4)7-10(13)12(11)14;1-13-4-2-5(8)7(10(11)12)6(9)3-4;7-3-1-4(8)6(10(11)12)5(9)2-3/h6,9H,1,7-8H2,2-5H3,(H,17,21);6,9H,1,7-8,17H2,2-5H3,(H,18,21);6,9-10H,1,7-8H2,2-5H3,(H,17,20);7-8H,5-6H2,1-4H3;7-8H,5-6,14H2,1-4H3;2-3H,1H3;1-2H. The van der Waals surface area contributed by atoms with E-state index in [2.05, 4.69) is 45.3 Å². The number of likely N-dealkylation sites (N-methyl/N-ethyl adjacent to an activating group) is 10. The molecule has 46 heteroatoms. The third-order valence-corrected chi connectivity index (χ3v) is 17.4. The molecule has 0 fully saturated rings. The van der Waals surface area contributed by atoms with Gasteiger partial charge in [0.25, 0.3) is 0 Å². The van der Waals surface area contributed by atoms with Gasteiger partial charge in [-0.2, -0.15) is 26.3 Å². The number of ether oxygens (including phenoxy) is 6. The third-order valence-electron chi connectivity index (χ3n) is 17.4. The molecule has 0 spiro atoms. The number of hydrogen-bond acceptors (Lipinski definition) is 29. The summed E-state index contributed by atoms with van der Waals surface area (Å²) in [6.45, 7) is 17.0. The second kappa shape index (κ2) is 54.9. The lowest BCUT2D eigenvalue weighted by Crippen LogP contribution is -2.29. The molecule has 7 N–H and O–H groups in total. The van der Waals surface area contributed by atoms with Crippen molar-refractivity contribution in [2.75, 3.05) is 266 Å². The van der Waals surface area contributed by atoms with Gasteiger partial charge in [-0.25, -0.2) is 17.6 Å². The number of benzene rings is 7. The Balaban J connectivity index is 0.000000754. The first kappa shape index (κ1) is 112.